The standard InChI is InChI=1S/C21H22N4O5/c1-12-10-19(28)24-25-21(12)13-2-4-14(5-3-13)22-23-17(8-9-20(29)30)16-7-6-15(26)11-18(16)27/h2-7,11-12,22,26-27H,8-10H2,1H3,(H,24,28)(H,29,30). The highest BCUT2D eigenvalue weighted by Gasteiger charge is 2.21. The van der Waals surface area contributed by atoms with Gasteiger partial charge in [0.2, 0.25) is 5.91 Å². The first-order valence-corrected chi connectivity index (χ1v) is 9.37. The number of benzene rings is 2. The predicted molar refractivity (Wildman–Crippen MR) is 112 cm³/mol. The number of carbonyl (C=O) groups excluding carboxylic acids is 1. The third-order valence-electron chi connectivity index (χ3n) is 4.63. The highest BCUT2D eigenvalue weighted by atomic mass is 16.4. The van der Waals surface area contributed by atoms with Gasteiger partial charge in [-0.15, -0.1) is 0 Å². The molecule has 1 heterocycles. The van der Waals surface area contributed by atoms with Crippen molar-refractivity contribution in [1.29, 1.82) is 0 Å². The Morgan fingerprint density at radius 2 is 1.93 bits per heavy atom. The van der Waals surface area contributed by atoms with Crippen LogP contribution in [0.2, 0.25) is 0 Å². The van der Waals surface area contributed by atoms with Gasteiger partial charge >= 0.3 is 5.97 Å². The van der Waals surface area contributed by atoms with Crippen molar-refractivity contribution in [3.05, 3.63) is 53.6 Å². The minimum atomic E-state index is -0.986. The number of aliphatic carboxylic acids is 1. The van der Waals surface area contributed by atoms with Crippen LogP contribution in [0.15, 0.2) is 52.7 Å². The van der Waals surface area contributed by atoms with E-state index in [1.54, 1.807) is 12.1 Å². The van der Waals surface area contributed by atoms with Crippen LogP contribution < -0.4 is 10.9 Å². The molecule has 2 aromatic rings. The highest BCUT2D eigenvalue weighted by Crippen LogP contribution is 2.25. The molecule has 3 rings (SSSR count). The van der Waals surface area contributed by atoms with Crippen molar-refractivity contribution in [2.45, 2.75) is 26.2 Å². The van der Waals surface area contributed by atoms with Crippen LogP contribution in [-0.4, -0.2) is 38.6 Å². The van der Waals surface area contributed by atoms with Crippen LogP contribution in [0.3, 0.4) is 0 Å². The fraction of sp³-hybridized carbons (Fsp3) is 0.238. The first-order valence-electron chi connectivity index (χ1n) is 9.37. The lowest BCUT2D eigenvalue weighted by Gasteiger charge is -2.19. The van der Waals surface area contributed by atoms with Gasteiger partial charge in [-0.2, -0.15) is 10.2 Å². The number of hydrogen-bond donors (Lipinski definition) is 5. The molecule has 1 atom stereocenters. The molecular formula is C21H22N4O5. The summed E-state index contributed by atoms with van der Waals surface area (Å²) in [5, 5.41) is 36.9. The number of carboxylic acid groups (broad SMARTS) is 1. The quantitative estimate of drug-likeness (QED) is 0.351. The van der Waals surface area contributed by atoms with Crippen molar-refractivity contribution in [1.82, 2.24) is 5.43 Å². The smallest absolute Gasteiger partial charge is 0.303 e. The first-order chi connectivity index (χ1) is 14.3. The maximum Gasteiger partial charge on any atom is 0.303 e. The molecule has 5 N–H and O–H groups in total. The molecule has 9 heteroatoms. The fourth-order valence-corrected chi connectivity index (χ4v) is 3.09. The molecule has 1 aliphatic heterocycles. The molecule has 1 amide bonds. The molecule has 0 saturated carbocycles. The number of phenolic OH excluding ortho intramolecular Hbond substituents is 2. The second-order valence-corrected chi connectivity index (χ2v) is 6.98. The SMILES string of the molecule is CC1CC(=O)NN=C1c1ccc(NN=C(CCC(=O)O)c2ccc(O)cc2O)cc1. The molecule has 1 aliphatic rings. The molecule has 156 valence electrons. The zero-order chi connectivity index (χ0) is 21.7. The highest BCUT2D eigenvalue weighted by molar-refractivity contribution is 6.06. The molecule has 1 unspecified atom stereocenters. The number of carboxylic acids is 1. The second kappa shape index (κ2) is 9.08. The molecule has 0 aromatic heterocycles. The first kappa shape index (κ1) is 20.8. The topological polar surface area (TPSA) is 144 Å². The number of rotatable bonds is 7. The van der Waals surface area contributed by atoms with Crippen molar-refractivity contribution >= 4 is 29.0 Å². The summed E-state index contributed by atoms with van der Waals surface area (Å²) >= 11 is 0. The van der Waals surface area contributed by atoms with Crippen molar-refractivity contribution in [3.63, 3.8) is 0 Å². The zero-order valence-corrected chi connectivity index (χ0v) is 16.3. The van der Waals surface area contributed by atoms with Gasteiger partial charge in [0.1, 0.15) is 11.5 Å². The van der Waals surface area contributed by atoms with E-state index in [2.05, 4.69) is 21.1 Å². The second-order valence-electron chi connectivity index (χ2n) is 6.98. The van der Waals surface area contributed by atoms with Crippen molar-refractivity contribution in [2.24, 2.45) is 16.1 Å². The van der Waals surface area contributed by atoms with Gasteiger partial charge in [-0.25, -0.2) is 5.43 Å². The van der Waals surface area contributed by atoms with Crippen molar-refractivity contribution < 1.29 is 24.9 Å². The summed E-state index contributed by atoms with van der Waals surface area (Å²) < 4.78 is 0. The van der Waals surface area contributed by atoms with Crippen LogP contribution in [0.4, 0.5) is 5.69 Å². The van der Waals surface area contributed by atoms with E-state index in [0.717, 1.165) is 11.3 Å². The monoisotopic (exact) mass is 410 g/mol. The maximum atomic E-state index is 11.4. The van der Waals surface area contributed by atoms with E-state index >= 15 is 0 Å². The predicted octanol–water partition coefficient (Wildman–Crippen LogP) is 2.64. The van der Waals surface area contributed by atoms with E-state index in [1.807, 2.05) is 19.1 Å². The van der Waals surface area contributed by atoms with Crippen LogP contribution in [0, 0.1) is 5.92 Å². The van der Waals surface area contributed by atoms with Gasteiger partial charge in [0.05, 0.1) is 23.5 Å². The van der Waals surface area contributed by atoms with E-state index in [9.17, 15) is 19.8 Å². The lowest BCUT2D eigenvalue weighted by Crippen LogP contribution is -2.31. The van der Waals surface area contributed by atoms with Gasteiger partial charge in [-0.05, 0) is 29.8 Å². The Bertz CT molecular complexity index is 1010. The molecular weight excluding hydrogens is 388 g/mol. The summed E-state index contributed by atoms with van der Waals surface area (Å²) in [7, 11) is 0. The average molecular weight is 410 g/mol. The largest absolute Gasteiger partial charge is 0.508 e. The molecule has 0 radical (unpaired) electrons. The van der Waals surface area contributed by atoms with Gasteiger partial charge in [0, 0.05) is 30.4 Å². The minimum Gasteiger partial charge on any atom is -0.508 e. The van der Waals surface area contributed by atoms with Crippen LogP contribution in [-0.2, 0) is 9.59 Å². The number of anilines is 1. The summed E-state index contributed by atoms with van der Waals surface area (Å²) in [5.74, 6) is -1.38. The van der Waals surface area contributed by atoms with Crippen molar-refractivity contribution in [2.75, 3.05) is 5.43 Å². The lowest BCUT2D eigenvalue weighted by molar-refractivity contribution is -0.136. The number of phenols is 2. The number of hydrogen-bond acceptors (Lipinski definition) is 7. The average Bonchev–Trinajstić information content (AvgIpc) is 2.69. The minimum absolute atomic E-state index is 0.00988. The number of amides is 1. The number of hydrazone groups is 2. The van der Waals surface area contributed by atoms with Gasteiger partial charge in [-0.1, -0.05) is 19.1 Å². The molecule has 0 spiro atoms. The van der Waals surface area contributed by atoms with Crippen LogP contribution in [0.1, 0.15) is 37.3 Å². The zero-order valence-electron chi connectivity index (χ0n) is 16.3. The maximum absolute atomic E-state index is 11.4. The molecule has 0 aliphatic carbocycles. The van der Waals surface area contributed by atoms with E-state index in [4.69, 9.17) is 5.11 Å². The number of nitrogens with zero attached hydrogens (tertiary/aromatic N) is 2. The number of aromatic hydroxyl groups is 2. The summed E-state index contributed by atoms with van der Waals surface area (Å²) in [6.45, 7) is 1.94. The Morgan fingerprint density at radius 3 is 2.57 bits per heavy atom. The van der Waals surface area contributed by atoms with E-state index in [1.165, 1.54) is 18.2 Å². The van der Waals surface area contributed by atoms with Crippen LogP contribution in [0.25, 0.3) is 0 Å². The third-order valence-corrected chi connectivity index (χ3v) is 4.63. The normalized spacial score (nSPS) is 16.6. The summed E-state index contributed by atoms with van der Waals surface area (Å²) in [6.07, 6.45) is 0.308. The summed E-state index contributed by atoms with van der Waals surface area (Å²) in [4.78, 5) is 22.4. The number of carbonyl (C=O) groups is 2. The Morgan fingerprint density at radius 1 is 1.20 bits per heavy atom. The third kappa shape index (κ3) is 5.13. The summed E-state index contributed by atoms with van der Waals surface area (Å²) in [6, 6.07) is 11.3. The molecule has 9 nitrogen and oxygen atoms in total. The Balaban J connectivity index is 1.79. The van der Waals surface area contributed by atoms with E-state index < -0.39 is 5.97 Å². The Hall–Kier alpha value is -3.88. The van der Waals surface area contributed by atoms with Gasteiger partial charge in [0.25, 0.3) is 0 Å². The van der Waals surface area contributed by atoms with E-state index in [-0.39, 0.29) is 36.2 Å². The van der Waals surface area contributed by atoms with Gasteiger partial charge < -0.3 is 15.3 Å². The van der Waals surface area contributed by atoms with E-state index in [0.29, 0.717) is 23.4 Å². The molecule has 30 heavy (non-hydrogen) atoms. The lowest BCUT2D eigenvalue weighted by atomic mass is 9.94. The molecule has 2 aromatic carbocycles. The molecule has 0 saturated heterocycles. The number of nitrogens with one attached hydrogen (secondary N) is 2. The van der Waals surface area contributed by atoms with Crippen molar-refractivity contribution in [3.8, 4) is 11.5 Å². The summed E-state index contributed by atoms with van der Waals surface area (Å²) in [5.41, 5.74) is 8.35. The van der Waals surface area contributed by atoms with Crippen LogP contribution in [0.5, 0.6) is 11.5 Å². The molecule has 0 fully saturated rings. The van der Waals surface area contributed by atoms with Gasteiger partial charge in [-0.3, -0.25) is 15.0 Å². The fourth-order valence-electron chi connectivity index (χ4n) is 3.09. The Kier molecular flexibility index (Phi) is 6.31. The Labute approximate surface area is 172 Å². The van der Waals surface area contributed by atoms with Crippen LogP contribution >= 0.6 is 0 Å². The molecule has 0 bridgehead atoms. The van der Waals surface area contributed by atoms with Gasteiger partial charge in [0.15, 0.2) is 0 Å².